The predicted octanol–water partition coefficient (Wildman–Crippen LogP) is 3.16. The zero-order valence-electron chi connectivity index (χ0n) is 12.4. The number of rotatable bonds is 6. The molecule has 110 valence electrons. The van der Waals surface area contributed by atoms with Crippen LogP contribution in [0.2, 0.25) is 0 Å². The molecule has 0 atom stereocenters. The zero-order valence-corrected chi connectivity index (χ0v) is 12.4. The molecule has 0 fully saturated rings. The standard InChI is InChI=1S/C17H20N2O2/c1-19(15-8-4-3-5-9-15)12-11-17(20)18-14-7-6-10-16(13-14)21-2/h3-10,13H,11-12H2,1-2H3,(H,18,20). The molecule has 0 saturated heterocycles. The van der Waals surface area contributed by atoms with E-state index in [1.807, 2.05) is 55.6 Å². The molecule has 21 heavy (non-hydrogen) atoms. The van der Waals surface area contributed by atoms with Crippen molar-refractivity contribution in [3.63, 3.8) is 0 Å². The third-order valence-electron chi connectivity index (χ3n) is 3.22. The Kier molecular flexibility index (Phi) is 5.21. The number of carbonyl (C=O) groups is 1. The molecule has 0 aromatic heterocycles. The van der Waals surface area contributed by atoms with E-state index in [-0.39, 0.29) is 5.91 Å². The number of benzene rings is 2. The van der Waals surface area contributed by atoms with Crippen LogP contribution >= 0.6 is 0 Å². The van der Waals surface area contributed by atoms with E-state index in [4.69, 9.17) is 4.74 Å². The van der Waals surface area contributed by atoms with Gasteiger partial charge in [-0.2, -0.15) is 0 Å². The maximum atomic E-state index is 12.0. The maximum Gasteiger partial charge on any atom is 0.226 e. The summed E-state index contributed by atoms with van der Waals surface area (Å²) >= 11 is 0. The molecule has 0 aliphatic heterocycles. The van der Waals surface area contributed by atoms with Crippen LogP contribution in [0.4, 0.5) is 11.4 Å². The van der Waals surface area contributed by atoms with Gasteiger partial charge in [0.25, 0.3) is 0 Å². The zero-order chi connectivity index (χ0) is 15.1. The van der Waals surface area contributed by atoms with Gasteiger partial charge in [-0.15, -0.1) is 0 Å². The quantitative estimate of drug-likeness (QED) is 0.886. The maximum absolute atomic E-state index is 12.0. The van der Waals surface area contributed by atoms with Crippen LogP contribution in [0.5, 0.6) is 5.75 Å². The van der Waals surface area contributed by atoms with Crippen LogP contribution in [-0.4, -0.2) is 26.6 Å². The lowest BCUT2D eigenvalue weighted by Crippen LogP contribution is -2.23. The summed E-state index contributed by atoms with van der Waals surface area (Å²) in [7, 11) is 3.59. The van der Waals surface area contributed by atoms with Gasteiger partial charge >= 0.3 is 0 Å². The molecule has 2 aromatic carbocycles. The molecule has 0 aliphatic carbocycles. The molecular formula is C17H20N2O2. The number of carbonyl (C=O) groups excluding carboxylic acids is 1. The van der Waals surface area contributed by atoms with Crippen LogP contribution in [-0.2, 0) is 4.79 Å². The Hall–Kier alpha value is -2.49. The Bertz CT molecular complexity index is 584. The fraction of sp³-hybridized carbons (Fsp3) is 0.235. The van der Waals surface area contributed by atoms with Crippen molar-refractivity contribution in [3.05, 3.63) is 54.6 Å². The number of ether oxygens (including phenoxy) is 1. The Morgan fingerprint density at radius 1 is 1.14 bits per heavy atom. The van der Waals surface area contributed by atoms with Crippen LogP contribution in [0.1, 0.15) is 6.42 Å². The van der Waals surface area contributed by atoms with Crippen molar-refractivity contribution >= 4 is 17.3 Å². The van der Waals surface area contributed by atoms with Crippen LogP contribution in [0.15, 0.2) is 54.6 Å². The minimum atomic E-state index is -0.00830. The molecule has 2 aromatic rings. The van der Waals surface area contributed by atoms with Crippen molar-refractivity contribution < 1.29 is 9.53 Å². The molecule has 1 N–H and O–H groups in total. The number of anilines is 2. The van der Waals surface area contributed by atoms with E-state index >= 15 is 0 Å². The van der Waals surface area contributed by atoms with Gasteiger partial charge in [0.2, 0.25) is 5.91 Å². The predicted molar refractivity (Wildman–Crippen MR) is 86.0 cm³/mol. The number of para-hydroxylation sites is 1. The van der Waals surface area contributed by atoms with Crippen molar-refractivity contribution in [3.8, 4) is 5.75 Å². The fourth-order valence-electron chi connectivity index (χ4n) is 2.01. The molecule has 0 bridgehead atoms. The molecule has 0 radical (unpaired) electrons. The Balaban J connectivity index is 1.84. The summed E-state index contributed by atoms with van der Waals surface area (Å²) in [6.07, 6.45) is 0.433. The topological polar surface area (TPSA) is 41.6 Å². The smallest absolute Gasteiger partial charge is 0.226 e. The van der Waals surface area contributed by atoms with Gasteiger partial charge in [0.05, 0.1) is 7.11 Å². The molecule has 2 rings (SSSR count). The first kappa shape index (κ1) is 14.9. The highest BCUT2D eigenvalue weighted by atomic mass is 16.5. The second kappa shape index (κ2) is 7.33. The molecule has 4 heteroatoms. The third-order valence-corrected chi connectivity index (χ3v) is 3.22. The van der Waals surface area contributed by atoms with Gasteiger partial charge in [-0.25, -0.2) is 0 Å². The van der Waals surface area contributed by atoms with Gasteiger partial charge in [0.15, 0.2) is 0 Å². The Morgan fingerprint density at radius 2 is 1.90 bits per heavy atom. The van der Waals surface area contributed by atoms with Crippen molar-refractivity contribution in [2.75, 3.05) is 30.9 Å². The summed E-state index contributed by atoms with van der Waals surface area (Å²) in [5.74, 6) is 0.722. The third kappa shape index (κ3) is 4.53. The second-order valence-corrected chi connectivity index (χ2v) is 4.79. The minimum absolute atomic E-state index is 0.00830. The van der Waals surface area contributed by atoms with E-state index in [1.165, 1.54) is 0 Å². The highest BCUT2D eigenvalue weighted by molar-refractivity contribution is 5.91. The number of hydrogen-bond acceptors (Lipinski definition) is 3. The normalized spacial score (nSPS) is 10.0. The Morgan fingerprint density at radius 3 is 2.62 bits per heavy atom. The van der Waals surface area contributed by atoms with Crippen molar-refractivity contribution in [1.29, 1.82) is 0 Å². The summed E-state index contributed by atoms with van der Waals surface area (Å²) in [5.41, 5.74) is 1.85. The summed E-state index contributed by atoms with van der Waals surface area (Å²) < 4.78 is 5.13. The van der Waals surface area contributed by atoms with E-state index in [1.54, 1.807) is 13.2 Å². The van der Waals surface area contributed by atoms with E-state index in [0.29, 0.717) is 13.0 Å². The van der Waals surface area contributed by atoms with E-state index in [9.17, 15) is 4.79 Å². The van der Waals surface area contributed by atoms with Crippen molar-refractivity contribution in [2.24, 2.45) is 0 Å². The summed E-state index contributed by atoms with van der Waals surface area (Å²) in [4.78, 5) is 14.0. The number of methoxy groups -OCH3 is 1. The molecule has 1 amide bonds. The number of hydrogen-bond donors (Lipinski definition) is 1. The van der Waals surface area contributed by atoms with Gasteiger partial charge in [-0.3, -0.25) is 4.79 Å². The van der Waals surface area contributed by atoms with Crippen LogP contribution < -0.4 is 15.0 Å². The van der Waals surface area contributed by atoms with Gasteiger partial charge in [0, 0.05) is 37.5 Å². The van der Waals surface area contributed by atoms with Gasteiger partial charge in [-0.05, 0) is 24.3 Å². The van der Waals surface area contributed by atoms with Gasteiger partial charge < -0.3 is 15.0 Å². The number of nitrogens with zero attached hydrogens (tertiary/aromatic N) is 1. The molecule has 0 heterocycles. The second-order valence-electron chi connectivity index (χ2n) is 4.79. The fourth-order valence-corrected chi connectivity index (χ4v) is 2.01. The van der Waals surface area contributed by atoms with Crippen LogP contribution in [0.25, 0.3) is 0 Å². The average molecular weight is 284 g/mol. The highest BCUT2D eigenvalue weighted by Gasteiger charge is 2.06. The first-order chi connectivity index (χ1) is 10.2. The van der Waals surface area contributed by atoms with Crippen LogP contribution in [0, 0.1) is 0 Å². The number of nitrogens with one attached hydrogen (secondary N) is 1. The van der Waals surface area contributed by atoms with Crippen molar-refractivity contribution in [1.82, 2.24) is 0 Å². The van der Waals surface area contributed by atoms with E-state index < -0.39 is 0 Å². The monoisotopic (exact) mass is 284 g/mol. The summed E-state index contributed by atoms with van der Waals surface area (Å²) in [6.45, 7) is 0.666. The SMILES string of the molecule is COc1cccc(NC(=O)CCN(C)c2ccccc2)c1. The van der Waals surface area contributed by atoms with Gasteiger partial charge in [0.1, 0.15) is 5.75 Å². The highest BCUT2D eigenvalue weighted by Crippen LogP contribution is 2.17. The lowest BCUT2D eigenvalue weighted by Gasteiger charge is -2.18. The molecule has 0 spiro atoms. The first-order valence-corrected chi connectivity index (χ1v) is 6.89. The molecular weight excluding hydrogens is 264 g/mol. The Labute approximate surface area is 125 Å². The summed E-state index contributed by atoms with van der Waals surface area (Å²) in [6, 6.07) is 17.4. The molecule has 0 aliphatic rings. The van der Waals surface area contributed by atoms with Crippen molar-refractivity contribution in [2.45, 2.75) is 6.42 Å². The lowest BCUT2D eigenvalue weighted by molar-refractivity contribution is -0.116. The number of amides is 1. The first-order valence-electron chi connectivity index (χ1n) is 6.89. The molecule has 0 saturated carbocycles. The van der Waals surface area contributed by atoms with Gasteiger partial charge in [-0.1, -0.05) is 24.3 Å². The summed E-state index contributed by atoms with van der Waals surface area (Å²) in [5, 5.41) is 2.88. The molecule has 4 nitrogen and oxygen atoms in total. The van der Waals surface area contributed by atoms with E-state index in [2.05, 4.69) is 10.2 Å². The van der Waals surface area contributed by atoms with E-state index in [0.717, 1.165) is 17.1 Å². The van der Waals surface area contributed by atoms with Crippen LogP contribution in [0.3, 0.4) is 0 Å². The lowest BCUT2D eigenvalue weighted by atomic mass is 10.2. The molecule has 0 unspecified atom stereocenters. The minimum Gasteiger partial charge on any atom is -0.497 e. The largest absolute Gasteiger partial charge is 0.497 e. The average Bonchev–Trinajstić information content (AvgIpc) is 2.53.